The van der Waals surface area contributed by atoms with Gasteiger partial charge in [0.25, 0.3) is 0 Å². The quantitative estimate of drug-likeness (QED) is 0.779. The van der Waals surface area contributed by atoms with Gasteiger partial charge < -0.3 is 19.4 Å². The topological polar surface area (TPSA) is 58.9 Å². The van der Waals surface area contributed by atoms with Gasteiger partial charge in [0.2, 0.25) is 0 Å². The second-order valence-corrected chi connectivity index (χ2v) is 13.1. The zero-order valence-corrected chi connectivity index (χ0v) is 15.5. The molecule has 0 aromatic rings. The highest BCUT2D eigenvalue weighted by Gasteiger charge is 2.48. The molecule has 0 aliphatic carbocycles. The fraction of sp³-hybridized carbons (Fsp3) is 1.00. The van der Waals surface area contributed by atoms with E-state index in [1.807, 2.05) is 13.8 Å². The Morgan fingerprint density at radius 2 is 1.75 bits per heavy atom. The minimum atomic E-state index is -2.04. The van der Waals surface area contributed by atoms with Crippen molar-refractivity contribution in [1.82, 2.24) is 0 Å². The smallest absolute Gasteiger partial charge is 0.192 e. The molecule has 1 rings (SSSR count). The number of aliphatic hydroxyl groups is 2. The van der Waals surface area contributed by atoms with Crippen molar-refractivity contribution in [2.24, 2.45) is 0 Å². The first-order valence-electron chi connectivity index (χ1n) is 7.32. The van der Waals surface area contributed by atoms with Crippen LogP contribution in [0.3, 0.4) is 0 Å². The van der Waals surface area contributed by atoms with E-state index in [-0.39, 0.29) is 16.6 Å². The Morgan fingerprint density at radius 1 is 1.20 bits per heavy atom. The average Bonchev–Trinajstić information content (AvgIpc) is 2.30. The first kappa shape index (κ1) is 18.5. The Kier molecular flexibility index (Phi) is 6.15. The summed E-state index contributed by atoms with van der Waals surface area (Å²) in [6, 6.07) is 0. The van der Waals surface area contributed by atoms with E-state index in [0.29, 0.717) is 0 Å². The Labute approximate surface area is 128 Å². The maximum atomic E-state index is 10.5. The van der Waals surface area contributed by atoms with E-state index < -0.39 is 26.6 Å². The second-order valence-electron chi connectivity index (χ2n) is 6.99. The van der Waals surface area contributed by atoms with Gasteiger partial charge in [-0.25, -0.2) is 0 Å². The predicted molar refractivity (Wildman–Crippen MR) is 86.6 cm³/mol. The van der Waals surface area contributed by atoms with Crippen LogP contribution < -0.4 is 0 Å². The lowest BCUT2D eigenvalue weighted by Crippen LogP contribution is -2.60. The van der Waals surface area contributed by atoms with E-state index in [9.17, 15) is 10.2 Å². The number of hydrogen-bond acceptors (Lipinski definition) is 5. The Hall–Kier alpha value is 0.407. The minimum absolute atomic E-state index is 0.0430. The number of hydrogen-bond donors (Lipinski definition) is 2. The zero-order chi connectivity index (χ0) is 15.7. The molecule has 0 spiro atoms. The third kappa shape index (κ3) is 3.99. The summed E-state index contributed by atoms with van der Waals surface area (Å²) in [6.45, 7) is 14.6. The van der Waals surface area contributed by atoms with Gasteiger partial charge in [0.15, 0.2) is 8.32 Å². The van der Waals surface area contributed by atoms with Gasteiger partial charge in [-0.15, -0.1) is 11.8 Å². The van der Waals surface area contributed by atoms with Crippen LogP contribution in [0.2, 0.25) is 18.1 Å². The fourth-order valence-corrected chi connectivity index (χ4v) is 4.20. The van der Waals surface area contributed by atoms with Crippen LogP contribution in [0.1, 0.15) is 34.6 Å². The van der Waals surface area contributed by atoms with Crippen molar-refractivity contribution in [2.75, 3.05) is 5.75 Å². The van der Waals surface area contributed by atoms with Crippen LogP contribution in [-0.4, -0.2) is 54.1 Å². The lowest BCUT2D eigenvalue weighted by atomic mass is 10.0. The van der Waals surface area contributed by atoms with E-state index in [0.717, 1.165) is 5.75 Å². The van der Waals surface area contributed by atoms with Crippen LogP contribution in [-0.2, 0) is 9.16 Å². The Morgan fingerprint density at radius 3 is 2.20 bits per heavy atom. The highest BCUT2D eigenvalue weighted by Crippen LogP contribution is 2.40. The Balaban J connectivity index is 2.89. The number of rotatable bonds is 4. The molecule has 20 heavy (non-hydrogen) atoms. The first-order valence-corrected chi connectivity index (χ1v) is 11.3. The summed E-state index contributed by atoms with van der Waals surface area (Å²) < 4.78 is 11.9. The Bertz CT molecular complexity index is 319. The van der Waals surface area contributed by atoms with Crippen LogP contribution in [0.25, 0.3) is 0 Å². The van der Waals surface area contributed by atoms with Crippen molar-refractivity contribution in [3.63, 3.8) is 0 Å². The molecule has 6 heteroatoms. The van der Waals surface area contributed by atoms with Crippen LogP contribution in [0.4, 0.5) is 0 Å². The summed E-state index contributed by atoms with van der Waals surface area (Å²) in [5, 5.41) is 20.8. The predicted octanol–water partition coefficient (Wildman–Crippen LogP) is 2.60. The lowest BCUT2D eigenvalue weighted by Gasteiger charge is -2.47. The molecule has 1 aliphatic rings. The molecule has 1 heterocycles. The summed E-state index contributed by atoms with van der Waals surface area (Å²) in [5.74, 6) is 0.858. The minimum Gasteiger partial charge on any atom is -0.408 e. The van der Waals surface area contributed by atoms with E-state index in [1.54, 1.807) is 11.8 Å². The van der Waals surface area contributed by atoms with E-state index in [4.69, 9.17) is 9.16 Å². The molecular formula is C14H30O4SSi. The van der Waals surface area contributed by atoms with Crippen LogP contribution >= 0.6 is 11.8 Å². The van der Waals surface area contributed by atoms with Gasteiger partial charge in [-0.3, -0.25) is 0 Å². The molecule has 0 unspecified atom stereocenters. The monoisotopic (exact) mass is 322 g/mol. The van der Waals surface area contributed by atoms with Crippen molar-refractivity contribution in [3.05, 3.63) is 0 Å². The standard InChI is InChI=1S/C14H30O4SSi/c1-8-19-13-11(16)12(10(15)9(2)17-13)18-20(6,7)14(3,4)5/h9-13,15-16H,8H2,1-7H3/t9-,10+,11-,12+,13+/m0/s1. The SMILES string of the molecule is CCS[C@H]1O[C@@H](C)[C@@H](O)[C@@H](O[Si](C)(C)C(C)(C)C)[C@@H]1O. The summed E-state index contributed by atoms with van der Waals surface area (Å²) in [7, 11) is -2.04. The van der Waals surface area contributed by atoms with Crippen molar-refractivity contribution in [3.8, 4) is 0 Å². The van der Waals surface area contributed by atoms with Crippen LogP contribution in [0.5, 0.6) is 0 Å². The van der Waals surface area contributed by atoms with Gasteiger partial charge in [0.1, 0.15) is 23.7 Å². The largest absolute Gasteiger partial charge is 0.408 e. The highest BCUT2D eigenvalue weighted by atomic mass is 32.2. The molecule has 1 saturated heterocycles. The molecule has 1 fully saturated rings. The van der Waals surface area contributed by atoms with Gasteiger partial charge in [0, 0.05) is 0 Å². The molecular weight excluding hydrogens is 292 g/mol. The average molecular weight is 323 g/mol. The molecule has 2 N–H and O–H groups in total. The normalized spacial score (nSPS) is 36.1. The molecule has 0 saturated carbocycles. The fourth-order valence-electron chi connectivity index (χ4n) is 1.96. The van der Waals surface area contributed by atoms with E-state index in [2.05, 4.69) is 33.9 Å². The van der Waals surface area contributed by atoms with Crippen molar-refractivity contribution in [2.45, 2.75) is 82.6 Å². The van der Waals surface area contributed by atoms with Gasteiger partial charge in [0.05, 0.1) is 6.10 Å². The maximum absolute atomic E-state index is 10.5. The highest BCUT2D eigenvalue weighted by molar-refractivity contribution is 7.99. The molecule has 0 radical (unpaired) electrons. The van der Waals surface area contributed by atoms with Gasteiger partial charge in [-0.05, 0) is 30.8 Å². The van der Waals surface area contributed by atoms with Crippen molar-refractivity contribution >= 4 is 20.1 Å². The number of aliphatic hydroxyl groups excluding tert-OH is 2. The molecule has 5 atom stereocenters. The summed E-state index contributed by atoms with van der Waals surface area (Å²) in [5.41, 5.74) is -0.326. The van der Waals surface area contributed by atoms with Crippen LogP contribution in [0.15, 0.2) is 0 Å². The number of ether oxygens (including phenoxy) is 1. The number of thioether (sulfide) groups is 1. The maximum Gasteiger partial charge on any atom is 0.192 e. The van der Waals surface area contributed by atoms with E-state index >= 15 is 0 Å². The van der Waals surface area contributed by atoms with Gasteiger partial charge in [-0.2, -0.15) is 0 Å². The van der Waals surface area contributed by atoms with Gasteiger partial charge >= 0.3 is 0 Å². The van der Waals surface area contributed by atoms with Crippen molar-refractivity contribution < 1.29 is 19.4 Å². The molecule has 4 nitrogen and oxygen atoms in total. The zero-order valence-electron chi connectivity index (χ0n) is 13.7. The first-order chi connectivity index (χ1) is 9.01. The summed E-state index contributed by atoms with van der Waals surface area (Å²) in [6.07, 6.45) is -2.46. The van der Waals surface area contributed by atoms with Crippen LogP contribution in [0, 0.1) is 0 Å². The second kappa shape index (κ2) is 6.67. The summed E-state index contributed by atoms with van der Waals surface area (Å²) >= 11 is 1.56. The molecule has 120 valence electrons. The molecule has 0 bridgehead atoms. The molecule has 1 aliphatic heterocycles. The summed E-state index contributed by atoms with van der Waals surface area (Å²) in [4.78, 5) is 0. The third-order valence-electron chi connectivity index (χ3n) is 4.35. The molecule has 0 amide bonds. The lowest BCUT2D eigenvalue weighted by molar-refractivity contribution is -0.187. The third-order valence-corrected chi connectivity index (χ3v) is 9.88. The van der Waals surface area contributed by atoms with Gasteiger partial charge in [-0.1, -0.05) is 27.7 Å². The molecule has 0 aromatic carbocycles. The molecule has 0 aromatic heterocycles. The van der Waals surface area contributed by atoms with Crippen molar-refractivity contribution in [1.29, 1.82) is 0 Å². The van der Waals surface area contributed by atoms with E-state index in [1.165, 1.54) is 0 Å².